The van der Waals surface area contributed by atoms with Gasteiger partial charge in [0.25, 0.3) is 0 Å². The van der Waals surface area contributed by atoms with Crippen molar-refractivity contribution in [2.75, 3.05) is 0 Å². The van der Waals surface area contributed by atoms with Gasteiger partial charge in [0.1, 0.15) is 0 Å². The monoisotopic (exact) mass is 325 g/mol. The van der Waals surface area contributed by atoms with Gasteiger partial charge in [-0.2, -0.15) is 0 Å². The van der Waals surface area contributed by atoms with E-state index in [1.54, 1.807) is 6.07 Å². The van der Waals surface area contributed by atoms with Gasteiger partial charge in [0.15, 0.2) is 11.6 Å². The second kappa shape index (κ2) is 6.26. The Kier molecular flexibility index (Phi) is 4.66. The van der Waals surface area contributed by atoms with Crippen molar-refractivity contribution < 1.29 is 8.78 Å². The molecule has 1 atom stereocenters. The summed E-state index contributed by atoms with van der Waals surface area (Å²) >= 11 is 3.37. The molecule has 100 valence electrons. The number of hydrogen-bond donors (Lipinski definition) is 1. The van der Waals surface area contributed by atoms with E-state index in [9.17, 15) is 8.78 Å². The van der Waals surface area contributed by atoms with Gasteiger partial charge >= 0.3 is 0 Å². The molecule has 2 aromatic carbocycles. The van der Waals surface area contributed by atoms with Crippen LogP contribution in [0.3, 0.4) is 0 Å². The van der Waals surface area contributed by atoms with Gasteiger partial charge in [-0.15, -0.1) is 0 Å². The molecule has 0 fully saturated rings. The molecule has 0 heterocycles. The van der Waals surface area contributed by atoms with Crippen molar-refractivity contribution in [3.63, 3.8) is 0 Å². The molecule has 1 nitrogen and oxygen atoms in total. The predicted molar refractivity (Wildman–Crippen MR) is 75.8 cm³/mol. The smallest absolute Gasteiger partial charge is 0.163 e. The normalized spacial score (nSPS) is 12.4. The Bertz CT molecular complexity index is 555. The van der Waals surface area contributed by atoms with Crippen LogP contribution >= 0.6 is 15.9 Å². The van der Waals surface area contributed by atoms with Crippen molar-refractivity contribution >= 4 is 15.9 Å². The molecule has 1 unspecified atom stereocenters. The predicted octanol–water partition coefficient (Wildman–Crippen LogP) is 4.58. The minimum Gasteiger partial charge on any atom is -0.306 e. The fourth-order valence-electron chi connectivity index (χ4n) is 1.84. The molecule has 0 aromatic heterocycles. The highest BCUT2D eigenvalue weighted by atomic mass is 79.9. The van der Waals surface area contributed by atoms with Gasteiger partial charge in [0.05, 0.1) is 0 Å². The van der Waals surface area contributed by atoms with Crippen LogP contribution in [0.5, 0.6) is 0 Å². The molecule has 0 saturated heterocycles. The number of hydrogen-bond acceptors (Lipinski definition) is 1. The van der Waals surface area contributed by atoms with E-state index in [2.05, 4.69) is 21.2 Å². The number of nitrogens with one attached hydrogen (secondary N) is 1. The molecule has 0 radical (unpaired) electrons. The summed E-state index contributed by atoms with van der Waals surface area (Å²) in [6.45, 7) is 2.42. The van der Waals surface area contributed by atoms with Crippen LogP contribution in [0.15, 0.2) is 46.9 Å². The summed E-state index contributed by atoms with van der Waals surface area (Å²) in [4.78, 5) is 0. The first-order valence-electron chi connectivity index (χ1n) is 5.99. The van der Waals surface area contributed by atoms with Crippen LogP contribution in [0.25, 0.3) is 0 Å². The largest absolute Gasteiger partial charge is 0.306 e. The maximum absolute atomic E-state index is 13.6. The van der Waals surface area contributed by atoms with Crippen molar-refractivity contribution in [3.8, 4) is 0 Å². The zero-order valence-electron chi connectivity index (χ0n) is 10.5. The zero-order valence-corrected chi connectivity index (χ0v) is 12.0. The highest BCUT2D eigenvalue weighted by Crippen LogP contribution is 2.19. The van der Waals surface area contributed by atoms with Crippen LogP contribution in [0, 0.1) is 11.6 Å². The summed E-state index contributed by atoms with van der Waals surface area (Å²) in [7, 11) is 0. The minimum absolute atomic E-state index is 0.251. The first kappa shape index (κ1) is 14.2. The lowest BCUT2D eigenvalue weighted by Gasteiger charge is -2.15. The average Bonchev–Trinajstić information content (AvgIpc) is 2.41. The van der Waals surface area contributed by atoms with Crippen molar-refractivity contribution in [1.29, 1.82) is 0 Å². The molecule has 0 saturated carbocycles. The lowest BCUT2D eigenvalue weighted by Crippen LogP contribution is -2.19. The van der Waals surface area contributed by atoms with Crippen molar-refractivity contribution in [3.05, 3.63) is 69.7 Å². The third-order valence-electron chi connectivity index (χ3n) is 2.97. The van der Waals surface area contributed by atoms with Crippen LogP contribution < -0.4 is 5.32 Å². The van der Waals surface area contributed by atoms with E-state index in [4.69, 9.17) is 0 Å². The third kappa shape index (κ3) is 3.61. The van der Waals surface area contributed by atoms with E-state index in [1.807, 2.05) is 31.2 Å². The Morgan fingerprint density at radius 1 is 1.11 bits per heavy atom. The van der Waals surface area contributed by atoms with Crippen molar-refractivity contribution in [2.45, 2.75) is 19.5 Å². The average molecular weight is 326 g/mol. The SMILES string of the molecule is CC(NCc1ccc(Br)cc1)c1cccc(F)c1F. The molecule has 0 amide bonds. The van der Waals surface area contributed by atoms with Crippen LogP contribution in [0.1, 0.15) is 24.1 Å². The molecule has 0 aliphatic heterocycles. The van der Waals surface area contributed by atoms with Crippen molar-refractivity contribution in [1.82, 2.24) is 5.32 Å². The molecular formula is C15H14BrF2N. The Labute approximate surface area is 119 Å². The fourth-order valence-corrected chi connectivity index (χ4v) is 2.10. The second-order valence-electron chi connectivity index (χ2n) is 4.37. The molecule has 2 rings (SSSR count). The minimum atomic E-state index is -0.810. The zero-order chi connectivity index (χ0) is 13.8. The summed E-state index contributed by atoms with van der Waals surface area (Å²) in [6, 6.07) is 11.8. The third-order valence-corrected chi connectivity index (χ3v) is 3.50. The van der Waals surface area contributed by atoms with Gasteiger partial charge < -0.3 is 5.32 Å². The lowest BCUT2D eigenvalue weighted by atomic mass is 10.1. The van der Waals surface area contributed by atoms with Gasteiger partial charge in [-0.1, -0.05) is 40.2 Å². The summed E-state index contributed by atoms with van der Waals surface area (Å²) in [5.74, 6) is -1.59. The molecule has 1 N–H and O–H groups in total. The topological polar surface area (TPSA) is 12.0 Å². The van der Waals surface area contributed by atoms with Crippen LogP contribution in [-0.4, -0.2) is 0 Å². The molecule has 0 bridgehead atoms. The number of rotatable bonds is 4. The molecule has 2 aromatic rings. The maximum atomic E-state index is 13.6. The molecule has 0 aliphatic carbocycles. The van der Waals surface area contributed by atoms with Gasteiger partial charge in [-0.3, -0.25) is 0 Å². The lowest BCUT2D eigenvalue weighted by molar-refractivity contribution is 0.472. The van der Waals surface area contributed by atoms with E-state index < -0.39 is 11.6 Å². The quantitative estimate of drug-likeness (QED) is 0.867. The van der Waals surface area contributed by atoms with Gasteiger partial charge in [0.2, 0.25) is 0 Å². The molecule has 0 aliphatic rings. The highest BCUT2D eigenvalue weighted by molar-refractivity contribution is 9.10. The fraction of sp³-hybridized carbons (Fsp3) is 0.200. The van der Waals surface area contributed by atoms with E-state index in [0.29, 0.717) is 12.1 Å². The standard InChI is InChI=1S/C15H14BrF2N/c1-10(13-3-2-4-14(17)15(13)18)19-9-11-5-7-12(16)8-6-11/h2-8,10,19H,9H2,1H3. The van der Waals surface area contributed by atoms with E-state index in [0.717, 1.165) is 16.1 Å². The van der Waals surface area contributed by atoms with E-state index in [-0.39, 0.29) is 6.04 Å². The number of benzene rings is 2. The van der Waals surface area contributed by atoms with Gasteiger partial charge in [0, 0.05) is 22.6 Å². The first-order chi connectivity index (χ1) is 9.08. The Morgan fingerprint density at radius 2 is 1.79 bits per heavy atom. The van der Waals surface area contributed by atoms with E-state index in [1.165, 1.54) is 6.07 Å². The molecule has 19 heavy (non-hydrogen) atoms. The Morgan fingerprint density at radius 3 is 2.47 bits per heavy atom. The molecule has 4 heteroatoms. The number of halogens is 3. The summed E-state index contributed by atoms with van der Waals surface area (Å²) in [6.07, 6.45) is 0. The van der Waals surface area contributed by atoms with Crippen LogP contribution in [0.4, 0.5) is 8.78 Å². The highest BCUT2D eigenvalue weighted by Gasteiger charge is 2.13. The second-order valence-corrected chi connectivity index (χ2v) is 5.29. The Balaban J connectivity index is 2.03. The van der Waals surface area contributed by atoms with Crippen molar-refractivity contribution in [2.24, 2.45) is 0 Å². The van der Waals surface area contributed by atoms with E-state index >= 15 is 0 Å². The maximum Gasteiger partial charge on any atom is 0.163 e. The summed E-state index contributed by atoms with van der Waals surface area (Å²) in [5, 5.41) is 3.18. The van der Waals surface area contributed by atoms with Gasteiger partial charge in [-0.25, -0.2) is 8.78 Å². The summed E-state index contributed by atoms with van der Waals surface area (Å²) < 4.78 is 27.8. The summed E-state index contributed by atoms with van der Waals surface area (Å²) in [5.41, 5.74) is 1.43. The Hall–Kier alpha value is -1.26. The molecular weight excluding hydrogens is 312 g/mol. The van der Waals surface area contributed by atoms with Gasteiger partial charge in [-0.05, 0) is 30.7 Å². The van der Waals surface area contributed by atoms with Crippen LogP contribution in [-0.2, 0) is 6.54 Å². The first-order valence-corrected chi connectivity index (χ1v) is 6.79. The van der Waals surface area contributed by atoms with Crippen LogP contribution in [0.2, 0.25) is 0 Å². The molecule has 0 spiro atoms.